The number of hydrogen-bond acceptors (Lipinski definition) is 11. The van der Waals surface area contributed by atoms with Crippen LogP contribution in [0.15, 0.2) is 15.9 Å². The molecule has 0 bridgehead atoms. The van der Waals surface area contributed by atoms with E-state index in [1.54, 1.807) is 0 Å². The van der Waals surface area contributed by atoms with Gasteiger partial charge in [-0.3, -0.25) is 44.1 Å². The molecule has 0 saturated heterocycles. The number of aliphatic hydroxyl groups excluding tert-OH is 1. The average Bonchev–Trinajstić information content (AvgIpc) is 2.93. The molecule has 0 unspecified atom stereocenters. The van der Waals surface area contributed by atoms with Gasteiger partial charge in [-0.25, -0.2) is 14.6 Å². The van der Waals surface area contributed by atoms with Crippen molar-refractivity contribution < 1.29 is 48.9 Å². The average molecular weight is 642 g/mol. The van der Waals surface area contributed by atoms with Crippen molar-refractivity contribution in [3.63, 3.8) is 0 Å². The van der Waals surface area contributed by atoms with Gasteiger partial charge in [0.05, 0.1) is 26.1 Å². The minimum Gasteiger partial charge on any atom is -0.481 e. The first-order valence-electron chi connectivity index (χ1n) is 13.0. The number of aromatic amines is 1. The highest BCUT2D eigenvalue weighted by Crippen LogP contribution is 2.00. The van der Waals surface area contributed by atoms with Crippen LogP contribution in [0.4, 0.5) is 10.7 Å². The summed E-state index contributed by atoms with van der Waals surface area (Å²) in [5, 5.41) is 40.0. The largest absolute Gasteiger partial charge is 0.481 e. The summed E-state index contributed by atoms with van der Waals surface area (Å²) in [7, 11) is 0. The molecular formula is C23H35N11O11. The number of aromatic nitrogens is 2. The van der Waals surface area contributed by atoms with Gasteiger partial charge < -0.3 is 53.4 Å². The van der Waals surface area contributed by atoms with Crippen LogP contribution in [0.3, 0.4) is 0 Å². The normalized spacial score (nSPS) is 12.3. The second kappa shape index (κ2) is 18.7. The number of aliphatic hydroxyl groups is 1. The van der Waals surface area contributed by atoms with Crippen LogP contribution >= 0.6 is 0 Å². The Balaban J connectivity index is 2.81. The van der Waals surface area contributed by atoms with Gasteiger partial charge in [0.1, 0.15) is 18.1 Å². The summed E-state index contributed by atoms with van der Waals surface area (Å²) < 4.78 is 0. The Morgan fingerprint density at radius 2 is 1.56 bits per heavy atom. The molecule has 0 aromatic carbocycles. The van der Waals surface area contributed by atoms with Crippen molar-refractivity contribution in [1.29, 1.82) is 0 Å². The van der Waals surface area contributed by atoms with E-state index in [1.165, 1.54) is 13.0 Å². The summed E-state index contributed by atoms with van der Waals surface area (Å²) in [6, 6.07) is -4.52. The fourth-order valence-electron chi connectivity index (χ4n) is 3.35. The first-order valence-corrected chi connectivity index (χ1v) is 13.0. The van der Waals surface area contributed by atoms with Crippen LogP contribution in [0, 0.1) is 6.92 Å². The van der Waals surface area contributed by atoms with Crippen LogP contribution < -0.4 is 48.9 Å². The van der Waals surface area contributed by atoms with Gasteiger partial charge in [-0.05, 0) is 19.8 Å². The number of aryl methyl sites for hydroxylation is 1. The number of rotatable bonds is 18. The highest BCUT2D eigenvalue weighted by molar-refractivity contribution is 5.95. The number of aliphatic imine (C=N–C) groups is 1. The van der Waals surface area contributed by atoms with Crippen molar-refractivity contribution in [2.45, 2.75) is 44.3 Å². The van der Waals surface area contributed by atoms with Crippen LogP contribution in [0.2, 0.25) is 0 Å². The lowest BCUT2D eigenvalue weighted by Gasteiger charge is -2.21. The molecule has 0 fully saturated rings. The van der Waals surface area contributed by atoms with Crippen LogP contribution in [0.5, 0.6) is 0 Å². The molecule has 0 aliphatic rings. The van der Waals surface area contributed by atoms with Crippen molar-refractivity contribution >= 4 is 53.5 Å². The number of anilines is 1. The van der Waals surface area contributed by atoms with Gasteiger partial charge in [-0.15, -0.1) is 0 Å². The standard InChI is InChI=1S/C23H35N11O11/c1-10-5-14(36)33-22(29-10)34-23(45)28-8-16(38)30-11(3-2-4-26-21(24)25)18(41)27-7-15(37)31-12(6-17(39)40)19(42)32-13(9-35)20(43)44/h5,11-13,35H,2-4,6-9H2,1H3,(H,27,41)(H,30,38)(H,31,37)(H,32,42)(H,39,40)(H,43,44)(H4,24,25,26)(H3,28,29,33,34,36,45)/t11-,12-,13+/m1/s1. The van der Waals surface area contributed by atoms with Crippen molar-refractivity contribution in [1.82, 2.24) is 36.6 Å². The Bertz CT molecular complexity index is 1340. The highest BCUT2D eigenvalue weighted by atomic mass is 16.4. The summed E-state index contributed by atoms with van der Waals surface area (Å²) in [5.41, 5.74) is 10.3. The predicted octanol–water partition coefficient (Wildman–Crippen LogP) is -5.62. The molecular weight excluding hydrogens is 606 g/mol. The van der Waals surface area contributed by atoms with E-state index < -0.39 is 91.4 Å². The molecule has 14 N–H and O–H groups in total. The molecule has 1 aromatic rings. The maximum absolute atomic E-state index is 12.8. The van der Waals surface area contributed by atoms with E-state index in [9.17, 15) is 38.4 Å². The van der Waals surface area contributed by atoms with E-state index in [1.807, 2.05) is 10.6 Å². The molecule has 22 nitrogen and oxygen atoms in total. The lowest BCUT2D eigenvalue weighted by molar-refractivity contribution is -0.144. The number of carboxylic acids is 2. The van der Waals surface area contributed by atoms with Crippen molar-refractivity contribution in [3.8, 4) is 0 Å². The van der Waals surface area contributed by atoms with E-state index in [-0.39, 0.29) is 31.3 Å². The molecule has 1 rings (SSSR count). The van der Waals surface area contributed by atoms with Gasteiger partial charge in [0.15, 0.2) is 5.96 Å². The zero-order valence-corrected chi connectivity index (χ0v) is 23.9. The molecule has 22 heteroatoms. The predicted molar refractivity (Wildman–Crippen MR) is 152 cm³/mol. The number of carbonyl (C=O) groups excluding carboxylic acids is 5. The highest BCUT2D eigenvalue weighted by Gasteiger charge is 2.28. The van der Waals surface area contributed by atoms with Crippen LogP contribution in [-0.2, 0) is 28.8 Å². The van der Waals surface area contributed by atoms with Gasteiger partial charge in [0.2, 0.25) is 29.6 Å². The lowest BCUT2D eigenvalue weighted by Crippen LogP contribution is -2.55. The molecule has 1 aromatic heterocycles. The molecule has 6 amide bonds. The summed E-state index contributed by atoms with van der Waals surface area (Å²) in [4.78, 5) is 106. The van der Waals surface area contributed by atoms with Crippen molar-refractivity contribution in [2.75, 3.05) is 31.6 Å². The van der Waals surface area contributed by atoms with Gasteiger partial charge in [0.25, 0.3) is 5.56 Å². The number of nitrogens with zero attached hydrogens (tertiary/aromatic N) is 2. The number of nitrogens with two attached hydrogens (primary N) is 2. The van der Waals surface area contributed by atoms with Gasteiger partial charge >= 0.3 is 18.0 Å². The third kappa shape index (κ3) is 15.3. The van der Waals surface area contributed by atoms with Crippen LogP contribution in [0.1, 0.15) is 25.0 Å². The monoisotopic (exact) mass is 641 g/mol. The number of carbonyl (C=O) groups is 7. The van der Waals surface area contributed by atoms with Gasteiger partial charge in [-0.2, -0.15) is 0 Å². The van der Waals surface area contributed by atoms with Gasteiger partial charge in [0, 0.05) is 18.3 Å². The van der Waals surface area contributed by atoms with Crippen molar-refractivity contribution in [2.24, 2.45) is 16.5 Å². The maximum atomic E-state index is 12.8. The minimum absolute atomic E-state index is 0.0433. The SMILES string of the molecule is Cc1cc(=O)[nH]c(NC(=O)NCC(=O)N[C@H](CCCN=C(N)N)C(=O)NCC(=O)N[C@H](CC(=O)O)C(=O)N[C@@H](CO)C(=O)O)n1. The number of amides is 6. The molecule has 3 atom stereocenters. The van der Waals surface area contributed by atoms with Gasteiger partial charge in [-0.1, -0.05) is 0 Å². The number of guanidine groups is 1. The third-order valence-corrected chi connectivity index (χ3v) is 5.36. The fraction of sp³-hybridized carbons (Fsp3) is 0.478. The summed E-state index contributed by atoms with van der Waals surface area (Å²) in [6.07, 6.45) is -0.818. The lowest BCUT2D eigenvalue weighted by atomic mass is 10.1. The third-order valence-electron chi connectivity index (χ3n) is 5.36. The smallest absolute Gasteiger partial charge is 0.328 e. The molecule has 1 heterocycles. The Morgan fingerprint density at radius 3 is 2.11 bits per heavy atom. The Kier molecular flexibility index (Phi) is 15.5. The minimum atomic E-state index is -1.77. The molecule has 0 radical (unpaired) electrons. The first-order chi connectivity index (χ1) is 21.1. The first kappa shape index (κ1) is 37.2. The number of H-pyrrole nitrogens is 1. The van der Waals surface area contributed by atoms with E-state index in [0.717, 1.165) is 0 Å². The topological polar surface area (TPSA) is 363 Å². The molecule has 45 heavy (non-hydrogen) atoms. The van der Waals surface area contributed by atoms with E-state index in [2.05, 4.69) is 36.2 Å². The number of hydrogen-bond donors (Lipinski definition) is 12. The Hall–Kier alpha value is -5.80. The Labute approximate surface area is 253 Å². The molecule has 0 spiro atoms. The number of urea groups is 1. The zero-order valence-electron chi connectivity index (χ0n) is 23.9. The van der Waals surface area contributed by atoms with Crippen LogP contribution in [0.25, 0.3) is 0 Å². The molecule has 0 saturated carbocycles. The fourth-order valence-corrected chi connectivity index (χ4v) is 3.35. The molecule has 0 aliphatic carbocycles. The van der Waals surface area contributed by atoms with E-state index in [4.69, 9.17) is 26.8 Å². The quantitative estimate of drug-likeness (QED) is 0.0404. The van der Waals surface area contributed by atoms with E-state index >= 15 is 0 Å². The van der Waals surface area contributed by atoms with Crippen molar-refractivity contribution in [3.05, 3.63) is 22.1 Å². The van der Waals surface area contributed by atoms with Crippen LogP contribution in [-0.4, -0.2) is 117 Å². The molecule has 0 aliphatic heterocycles. The summed E-state index contributed by atoms with van der Waals surface area (Å²) in [5.74, 6) is -7.52. The zero-order chi connectivity index (χ0) is 34.1. The Morgan fingerprint density at radius 1 is 0.933 bits per heavy atom. The number of carboxylic acid groups (broad SMARTS) is 2. The second-order valence-electron chi connectivity index (χ2n) is 9.13. The molecule has 248 valence electrons. The second-order valence-corrected chi connectivity index (χ2v) is 9.13. The summed E-state index contributed by atoms with van der Waals surface area (Å²) in [6.45, 7) is -0.840. The number of aliphatic carboxylic acids is 2. The maximum Gasteiger partial charge on any atom is 0.328 e. The number of nitrogens with one attached hydrogen (secondary N) is 7. The summed E-state index contributed by atoms with van der Waals surface area (Å²) >= 11 is 0. The van der Waals surface area contributed by atoms with E-state index in [0.29, 0.717) is 5.69 Å².